The zero-order valence-electron chi connectivity index (χ0n) is 15.9. The van der Waals surface area contributed by atoms with Gasteiger partial charge >= 0.3 is 11.7 Å². The van der Waals surface area contributed by atoms with Crippen LogP contribution in [-0.2, 0) is 11.3 Å². The molecule has 0 radical (unpaired) electrons. The van der Waals surface area contributed by atoms with Crippen LogP contribution >= 0.6 is 0 Å². The summed E-state index contributed by atoms with van der Waals surface area (Å²) < 4.78 is 5.32. The summed E-state index contributed by atoms with van der Waals surface area (Å²) in [5.41, 5.74) is 1.92. The molecule has 1 saturated heterocycles. The van der Waals surface area contributed by atoms with E-state index in [4.69, 9.17) is 4.42 Å². The summed E-state index contributed by atoms with van der Waals surface area (Å²) in [6.45, 7) is 6.03. The second kappa shape index (κ2) is 6.22. The summed E-state index contributed by atoms with van der Waals surface area (Å²) >= 11 is 0. The Hall–Kier alpha value is -2.63. The van der Waals surface area contributed by atoms with Gasteiger partial charge in [-0.25, -0.2) is 9.59 Å². The number of hydrogen-bond acceptors (Lipinski definition) is 4. The van der Waals surface area contributed by atoms with E-state index in [1.165, 1.54) is 11.0 Å². The highest BCUT2D eigenvalue weighted by atomic mass is 16.4. The molecule has 3 amide bonds. The van der Waals surface area contributed by atoms with E-state index >= 15 is 0 Å². The molecular weight excluding hydrogens is 344 g/mol. The van der Waals surface area contributed by atoms with Gasteiger partial charge in [0.2, 0.25) is 0 Å². The summed E-state index contributed by atoms with van der Waals surface area (Å²) in [6, 6.07) is 4.78. The highest BCUT2D eigenvalue weighted by molar-refractivity contribution is 6.07. The van der Waals surface area contributed by atoms with Gasteiger partial charge in [0.05, 0.1) is 6.54 Å². The molecule has 142 valence electrons. The number of imide groups is 1. The molecule has 6 heteroatoms. The van der Waals surface area contributed by atoms with E-state index < -0.39 is 11.2 Å². The molecule has 1 spiro atoms. The maximum absolute atomic E-state index is 13.2. The Morgan fingerprint density at radius 3 is 2.63 bits per heavy atom. The first-order valence-electron chi connectivity index (χ1n) is 9.50. The minimum atomic E-state index is -0.795. The van der Waals surface area contributed by atoms with Crippen LogP contribution in [0.5, 0.6) is 0 Å². The minimum Gasteiger partial charge on any atom is -0.423 e. The third-order valence-corrected chi connectivity index (χ3v) is 6.27. The number of carbonyl (C=O) groups is 2. The molecule has 0 unspecified atom stereocenters. The SMILES string of the molecule is Cc1cc2oc(=O)cc(CN3C(=O)N[C@]4(CCCC[C@H]4C)C3=O)c2cc1C. The molecule has 2 fully saturated rings. The molecule has 1 N–H and O–H groups in total. The van der Waals surface area contributed by atoms with Crippen molar-refractivity contribution in [2.24, 2.45) is 5.92 Å². The minimum absolute atomic E-state index is 0.0732. The molecule has 1 aromatic heterocycles. The van der Waals surface area contributed by atoms with Crippen LogP contribution < -0.4 is 10.9 Å². The number of nitrogens with zero attached hydrogens (tertiary/aromatic N) is 1. The fraction of sp³-hybridized carbons (Fsp3) is 0.476. The third kappa shape index (κ3) is 2.74. The molecule has 1 aromatic carbocycles. The molecule has 2 aliphatic rings. The lowest BCUT2D eigenvalue weighted by atomic mass is 9.73. The first kappa shape index (κ1) is 17.8. The van der Waals surface area contributed by atoms with Crippen LogP contribution in [0.25, 0.3) is 11.0 Å². The summed E-state index contributed by atoms with van der Waals surface area (Å²) in [7, 11) is 0. The summed E-state index contributed by atoms with van der Waals surface area (Å²) in [5, 5.41) is 3.72. The van der Waals surface area contributed by atoms with Gasteiger partial charge in [0.15, 0.2) is 0 Å². The van der Waals surface area contributed by atoms with Crippen LogP contribution in [0.1, 0.15) is 49.3 Å². The van der Waals surface area contributed by atoms with E-state index in [2.05, 4.69) is 5.32 Å². The van der Waals surface area contributed by atoms with Gasteiger partial charge < -0.3 is 9.73 Å². The second-order valence-corrected chi connectivity index (χ2v) is 7.96. The topological polar surface area (TPSA) is 79.6 Å². The Labute approximate surface area is 157 Å². The highest BCUT2D eigenvalue weighted by Gasteiger charge is 2.54. The van der Waals surface area contributed by atoms with Gasteiger partial charge in [-0.15, -0.1) is 0 Å². The number of aryl methyl sites for hydroxylation is 2. The molecule has 1 aliphatic heterocycles. The molecule has 4 rings (SSSR count). The van der Waals surface area contributed by atoms with Gasteiger partial charge in [0, 0.05) is 11.5 Å². The van der Waals surface area contributed by atoms with Crippen molar-refractivity contribution >= 4 is 22.9 Å². The number of urea groups is 1. The number of rotatable bonds is 2. The molecule has 6 nitrogen and oxygen atoms in total. The maximum atomic E-state index is 13.2. The predicted molar refractivity (Wildman–Crippen MR) is 101 cm³/mol. The third-order valence-electron chi connectivity index (χ3n) is 6.27. The highest BCUT2D eigenvalue weighted by Crippen LogP contribution is 2.38. The van der Waals surface area contributed by atoms with Crippen molar-refractivity contribution in [1.82, 2.24) is 10.2 Å². The van der Waals surface area contributed by atoms with E-state index in [9.17, 15) is 14.4 Å². The van der Waals surface area contributed by atoms with Crippen molar-refractivity contribution in [3.05, 3.63) is 45.3 Å². The molecular formula is C21H24N2O4. The van der Waals surface area contributed by atoms with Gasteiger partial charge in [0.1, 0.15) is 11.1 Å². The van der Waals surface area contributed by atoms with Crippen molar-refractivity contribution in [3.8, 4) is 0 Å². The fourth-order valence-corrected chi connectivity index (χ4v) is 4.42. The Balaban J connectivity index is 1.74. The lowest BCUT2D eigenvalue weighted by Crippen LogP contribution is -2.53. The van der Waals surface area contributed by atoms with E-state index in [0.29, 0.717) is 17.6 Å². The zero-order valence-corrected chi connectivity index (χ0v) is 15.9. The van der Waals surface area contributed by atoms with Crippen LogP contribution in [0.15, 0.2) is 27.4 Å². The van der Waals surface area contributed by atoms with Crippen LogP contribution in [-0.4, -0.2) is 22.4 Å². The predicted octanol–water partition coefficient (Wildman–Crippen LogP) is 3.41. The normalized spacial score (nSPS) is 25.4. The van der Waals surface area contributed by atoms with Crippen molar-refractivity contribution < 1.29 is 14.0 Å². The van der Waals surface area contributed by atoms with Gasteiger partial charge in [-0.3, -0.25) is 9.69 Å². The van der Waals surface area contributed by atoms with E-state index in [-0.39, 0.29) is 24.4 Å². The van der Waals surface area contributed by atoms with Crippen LogP contribution in [0.4, 0.5) is 4.79 Å². The van der Waals surface area contributed by atoms with Crippen molar-refractivity contribution in [2.75, 3.05) is 0 Å². The van der Waals surface area contributed by atoms with Crippen LogP contribution in [0.2, 0.25) is 0 Å². The standard InChI is InChI=1S/C21H24N2O4/c1-12-8-16-15(10-18(24)27-17(16)9-13(12)2)11-23-19(25)21(22-20(23)26)7-5-4-6-14(21)3/h8-10,14H,4-7,11H2,1-3H3,(H,22,26)/t14-,21+/m1/s1. The molecule has 1 saturated carbocycles. The first-order valence-corrected chi connectivity index (χ1v) is 9.50. The number of nitrogens with one attached hydrogen (secondary N) is 1. The summed E-state index contributed by atoms with van der Waals surface area (Å²) in [4.78, 5) is 39.1. The first-order chi connectivity index (χ1) is 12.8. The fourth-order valence-electron chi connectivity index (χ4n) is 4.42. The number of benzene rings is 1. The average molecular weight is 368 g/mol. The Morgan fingerprint density at radius 1 is 1.15 bits per heavy atom. The molecule has 1 aliphatic carbocycles. The van der Waals surface area contributed by atoms with Gasteiger partial charge in [0.25, 0.3) is 5.91 Å². The molecule has 2 aromatic rings. The van der Waals surface area contributed by atoms with Gasteiger partial charge in [-0.05, 0) is 61.4 Å². The monoisotopic (exact) mass is 368 g/mol. The lowest BCUT2D eigenvalue weighted by molar-refractivity contribution is -0.134. The largest absolute Gasteiger partial charge is 0.423 e. The summed E-state index contributed by atoms with van der Waals surface area (Å²) in [5.74, 6) is -0.0693. The van der Waals surface area contributed by atoms with Crippen molar-refractivity contribution in [3.63, 3.8) is 0 Å². The Morgan fingerprint density at radius 2 is 1.89 bits per heavy atom. The second-order valence-electron chi connectivity index (χ2n) is 7.96. The number of hydrogen-bond donors (Lipinski definition) is 1. The summed E-state index contributed by atoms with van der Waals surface area (Å²) in [6.07, 6.45) is 3.61. The Bertz CT molecular complexity index is 1010. The number of carbonyl (C=O) groups excluding carboxylic acids is 2. The van der Waals surface area contributed by atoms with Gasteiger partial charge in [-0.2, -0.15) is 0 Å². The van der Waals surface area contributed by atoms with E-state index in [1.807, 2.05) is 32.9 Å². The molecule has 27 heavy (non-hydrogen) atoms. The van der Waals surface area contributed by atoms with Crippen molar-refractivity contribution in [1.29, 1.82) is 0 Å². The van der Waals surface area contributed by atoms with Gasteiger partial charge in [-0.1, -0.05) is 19.8 Å². The average Bonchev–Trinajstić information content (AvgIpc) is 2.84. The number of fused-ring (bicyclic) bond motifs is 1. The molecule has 0 bridgehead atoms. The number of amides is 3. The molecule has 2 heterocycles. The van der Waals surface area contributed by atoms with Crippen LogP contribution in [0, 0.1) is 19.8 Å². The molecule has 2 atom stereocenters. The maximum Gasteiger partial charge on any atom is 0.336 e. The van der Waals surface area contributed by atoms with Crippen LogP contribution in [0.3, 0.4) is 0 Å². The van der Waals surface area contributed by atoms with E-state index in [0.717, 1.165) is 35.8 Å². The Kier molecular flexibility index (Phi) is 4.09. The van der Waals surface area contributed by atoms with E-state index in [1.54, 1.807) is 0 Å². The quantitative estimate of drug-likeness (QED) is 0.651. The smallest absolute Gasteiger partial charge is 0.336 e. The zero-order chi connectivity index (χ0) is 19.3. The lowest BCUT2D eigenvalue weighted by Gasteiger charge is -2.36. The van der Waals surface area contributed by atoms with Crippen molar-refractivity contribution in [2.45, 2.75) is 58.5 Å².